The molecule has 4 heteroatoms. The molecule has 2 aromatic rings. The number of halogens is 2. The van der Waals surface area contributed by atoms with E-state index in [-0.39, 0.29) is 5.56 Å². The highest BCUT2D eigenvalue weighted by Crippen LogP contribution is 2.37. The van der Waals surface area contributed by atoms with Gasteiger partial charge in [-0.2, -0.15) is 0 Å². The molecule has 1 saturated carbocycles. The summed E-state index contributed by atoms with van der Waals surface area (Å²) in [6.07, 6.45) is 3.60. The normalized spacial score (nSPS) is 16.5. The minimum absolute atomic E-state index is 0.0363. The van der Waals surface area contributed by atoms with E-state index in [0.29, 0.717) is 5.92 Å². The van der Waals surface area contributed by atoms with E-state index in [0.717, 1.165) is 5.56 Å². The molecule has 1 aliphatic carbocycles. The van der Waals surface area contributed by atoms with Crippen LogP contribution >= 0.6 is 0 Å². The van der Waals surface area contributed by atoms with Crippen molar-refractivity contribution in [1.29, 1.82) is 0 Å². The molecule has 1 atom stereocenters. The Balaban J connectivity index is 2.00. The summed E-state index contributed by atoms with van der Waals surface area (Å²) >= 11 is 0. The van der Waals surface area contributed by atoms with Crippen LogP contribution in [0.15, 0.2) is 42.5 Å². The van der Waals surface area contributed by atoms with Gasteiger partial charge in [-0.3, -0.25) is 5.84 Å². The number of benzene rings is 2. The third-order valence-electron chi connectivity index (χ3n) is 4.28. The van der Waals surface area contributed by atoms with Gasteiger partial charge >= 0.3 is 0 Å². The zero-order valence-electron chi connectivity index (χ0n) is 11.7. The summed E-state index contributed by atoms with van der Waals surface area (Å²) in [7, 11) is 0. The predicted octanol–water partition coefficient (Wildman–Crippen LogP) is 3.79. The standard InChI is InChI=1S/C17H18F2N2/c18-14-8-3-9-15(19)16(14)17(21-20)13-7-2-6-12(10-13)11-4-1-5-11/h2-3,6-11,17,21H,1,4-5,20H2. The van der Waals surface area contributed by atoms with Gasteiger partial charge in [0.2, 0.25) is 0 Å². The van der Waals surface area contributed by atoms with Gasteiger partial charge in [-0.1, -0.05) is 36.8 Å². The highest BCUT2D eigenvalue weighted by molar-refractivity contribution is 5.37. The second kappa shape index (κ2) is 5.92. The Kier molecular flexibility index (Phi) is 3.99. The first-order valence-corrected chi connectivity index (χ1v) is 7.20. The molecule has 2 nitrogen and oxygen atoms in total. The molecular weight excluding hydrogens is 270 g/mol. The van der Waals surface area contributed by atoms with Crippen molar-refractivity contribution in [3.63, 3.8) is 0 Å². The maximum atomic E-state index is 14.0. The Morgan fingerprint density at radius 2 is 1.71 bits per heavy atom. The monoisotopic (exact) mass is 288 g/mol. The lowest BCUT2D eigenvalue weighted by molar-refractivity contribution is 0.419. The Hall–Kier alpha value is -1.78. The first-order valence-electron chi connectivity index (χ1n) is 7.20. The minimum atomic E-state index is -0.689. The summed E-state index contributed by atoms with van der Waals surface area (Å²) in [5.41, 5.74) is 4.50. The molecule has 0 amide bonds. The lowest BCUT2D eigenvalue weighted by Crippen LogP contribution is -2.30. The molecule has 0 aliphatic heterocycles. The van der Waals surface area contributed by atoms with E-state index >= 15 is 0 Å². The molecule has 1 unspecified atom stereocenters. The minimum Gasteiger partial charge on any atom is -0.271 e. The van der Waals surface area contributed by atoms with Crippen molar-refractivity contribution in [2.75, 3.05) is 0 Å². The number of rotatable bonds is 4. The molecule has 3 N–H and O–H groups in total. The van der Waals surface area contributed by atoms with Gasteiger partial charge in [0, 0.05) is 5.56 Å². The van der Waals surface area contributed by atoms with Crippen LogP contribution in [0, 0.1) is 11.6 Å². The lowest BCUT2D eigenvalue weighted by atomic mass is 9.79. The summed E-state index contributed by atoms with van der Waals surface area (Å²) in [6.45, 7) is 0. The van der Waals surface area contributed by atoms with Crippen molar-refractivity contribution in [2.45, 2.75) is 31.2 Å². The van der Waals surface area contributed by atoms with Gasteiger partial charge in [-0.05, 0) is 42.0 Å². The quantitative estimate of drug-likeness (QED) is 0.663. The van der Waals surface area contributed by atoms with Crippen LogP contribution < -0.4 is 11.3 Å². The van der Waals surface area contributed by atoms with Crippen LogP contribution in [-0.2, 0) is 0 Å². The van der Waals surface area contributed by atoms with E-state index < -0.39 is 17.7 Å². The Bertz CT molecular complexity index is 618. The molecule has 0 bridgehead atoms. The first kappa shape index (κ1) is 14.2. The summed E-state index contributed by atoms with van der Waals surface area (Å²) in [6, 6.07) is 11.0. The summed E-state index contributed by atoms with van der Waals surface area (Å²) in [4.78, 5) is 0. The van der Waals surface area contributed by atoms with E-state index in [2.05, 4.69) is 11.5 Å². The third-order valence-corrected chi connectivity index (χ3v) is 4.28. The summed E-state index contributed by atoms with van der Waals surface area (Å²) in [5, 5.41) is 0. The highest BCUT2D eigenvalue weighted by atomic mass is 19.1. The summed E-state index contributed by atoms with van der Waals surface area (Å²) < 4.78 is 27.9. The van der Waals surface area contributed by atoms with E-state index in [9.17, 15) is 8.78 Å². The fraction of sp³-hybridized carbons (Fsp3) is 0.294. The largest absolute Gasteiger partial charge is 0.271 e. The van der Waals surface area contributed by atoms with Crippen LogP contribution in [0.1, 0.15) is 47.9 Å². The lowest BCUT2D eigenvalue weighted by Gasteiger charge is -2.27. The molecule has 0 aromatic heterocycles. The van der Waals surface area contributed by atoms with Crippen molar-refractivity contribution >= 4 is 0 Å². The molecular formula is C17H18F2N2. The van der Waals surface area contributed by atoms with Gasteiger partial charge < -0.3 is 0 Å². The molecule has 0 spiro atoms. The van der Waals surface area contributed by atoms with Gasteiger partial charge in [0.05, 0.1) is 6.04 Å². The van der Waals surface area contributed by atoms with Crippen LogP contribution in [0.4, 0.5) is 8.78 Å². The molecule has 2 aromatic carbocycles. The molecule has 21 heavy (non-hydrogen) atoms. The Labute approximate surface area is 122 Å². The SMILES string of the molecule is NNC(c1cccc(C2CCC2)c1)c1c(F)cccc1F. The predicted molar refractivity (Wildman–Crippen MR) is 78.6 cm³/mol. The van der Waals surface area contributed by atoms with Crippen LogP contribution in [0.25, 0.3) is 0 Å². The molecule has 1 fully saturated rings. The number of nitrogens with two attached hydrogens (primary N) is 1. The zero-order valence-corrected chi connectivity index (χ0v) is 11.7. The number of hydrogen-bond donors (Lipinski definition) is 2. The van der Waals surface area contributed by atoms with Crippen molar-refractivity contribution in [1.82, 2.24) is 5.43 Å². The molecule has 0 radical (unpaired) electrons. The fourth-order valence-corrected chi connectivity index (χ4v) is 2.87. The van der Waals surface area contributed by atoms with E-state index in [1.807, 2.05) is 18.2 Å². The van der Waals surface area contributed by atoms with Gasteiger partial charge in [-0.15, -0.1) is 0 Å². The summed E-state index contributed by atoms with van der Waals surface area (Å²) in [5.74, 6) is 4.95. The zero-order chi connectivity index (χ0) is 14.8. The van der Waals surface area contributed by atoms with E-state index in [1.54, 1.807) is 0 Å². The average Bonchev–Trinajstić information content (AvgIpc) is 2.41. The Morgan fingerprint density at radius 3 is 2.29 bits per heavy atom. The van der Waals surface area contributed by atoms with Crippen molar-refractivity contribution in [2.24, 2.45) is 5.84 Å². The molecule has 0 saturated heterocycles. The molecule has 1 aliphatic rings. The van der Waals surface area contributed by atoms with Crippen molar-refractivity contribution < 1.29 is 8.78 Å². The van der Waals surface area contributed by atoms with Crippen LogP contribution in [0.5, 0.6) is 0 Å². The van der Waals surface area contributed by atoms with Crippen molar-refractivity contribution in [3.05, 3.63) is 70.8 Å². The number of hydrogen-bond acceptors (Lipinski definition) is 2. The van der Waals surface area contributed by atoms with Gasteiger partial charge in [-0.25, -0.2) is 14.2 Å². The van der Waals surface area contributed by atoms with Gasteiger partial charge in [0.1, 0.15) is 11.6 Å². The van der Waals surface area contributed by atoms with Gasteiger partial charge in [0.15, 0.2) is 0 Å². The topological polar surface area (TPSA) is 38.0 Å². The van der Waals surface area contributed by atoms with Crippen LogP contribution in [-0.4, -0.2) is 0 Å². The fourth-order valence-electron chi connectivity index (χ4n) is 2.87. The maximum Gasteiger partial charge on any atom is 0.131 e. The van der Waals surface area contributed by atoms with Crippen LogP contribution in [0.3, 0.4) is 0 Å². The number of hydrazine groups is 1. The van der Waals surface area contributed by atoms with Crippen LogP contribution in [0.2, 0.25) is 0 Å². The first-order chi connectivity index (χ1) is 10.2. The molecule has 110 valence electrons. The third kappa shape index (κ3) is 2.69. The molecule has 0 heterocycles. The number of nitrogens with one attached hydrogen (secondary N) is 1. The van der Waals surface area contributed by atoms with E-state index in [4.69, 9.17) is 5.84 Å². The van der Waals surface area contributed by atoms with E-state index in [1.165, 1.54) is 43.0 Å². The second-order valence-electron chi connectivity index (χ2n) is 5.53. The van der Waals surface area contributed by atoms with Gasteiger partial charge in [0.25, 0.3) is 0 Å². The second-order valence-corrected chi connectivity index (χ2v) is 5.53. The smallest absolute Gasteiger partial charge is 0.131 e. The average molecular weight is 288 g/mol. The Morgan fingerprint density at radius 1 is 1.05 bits per heavy atom. The molecule has 3 rings (SSSR count). The van der Waals surface area contributed by atoms with Crippen molar-refractivity contribution in [3.8, 4) is 0 Å². The maximum absolute atomic E-state index is 14.0. The highest BCUT2D eigenvalue weighted by Gasteiger charge is 2.23.